The summed E-state index contributed by atoms with van der Waals surface area (Å²) in [5.41, 5.74) is 1.48. The number of aromatic nitrogens is 1. The SMILES string of the molecule is O=C(Cc1cc(-c2ccc3c(c2)OCO3)on1)NC1CCCC1. The fourth-order valence-electron chi connectivity index (χ4n) is 3.09. The van der Waals surface area contributed by atoms with E-state index in [1.807, 2.05) is 18.2 Å². The van der Waals surface area contributed by atoms with Crippen LogP contribution in [0.15, 0.2) is 28.8 Å². The van der Waals surface area contributed by atoms with E-state index in [1.165, 1.54) is 12.8 Å². The second-order valence-electron chi connectivity index (χ2n) is 5.98. The molecule has 1 aliphatic carbocycles. The van der Waals surface area contributed by atoms with Crippen molar-refractivity contribution in [2.45, 2.75) is 38.1 Å². The molecule has 6 nitrogen and oxygen atoms in total. The van der Waals surface area contributed by atoms with Gasteiger partial charge in [0.15, 0.2) is 17.3 Å². The highest BCUT2D eigenvalue weighted by atomic mass is 16.7. The second-order valence-corrected chi connectivity index (χ2v) is 5.98. The van der Waals surface area contributed by atoms with Crippen molar-refractivity contribution in [2.24, 2.45) is 0 Å². The quantitative estimate of drug-likeness (QED) is 0.939. The van der Waals surface area contributed by atoms with Gasteiger partial charge >= 0.3 is 0 Å². The summed E-state index contributed by atoms with van der Waals surface area (Å²) in [5.74, 6) is 2.04. The number of carbonyl (C=O) groups excluding carboxylic acids is 1. The molecule has 23 heavy (non-hydrogen) atoms. The zero-order chi connectivity index (χ0) is 15.6. The van der Waals surface area contributed by atoms with E-state index in [2.05, 4.69) is 10.5 Å². The van der Waals surface area contributed by atoms with Gasteiger partial charge in [-0.05, 0) is 31.0 Å². The number of hydrogen-bond donors (Lipinski definition) is 1. The van der Waals surface area contributed by atoms with Gasteiger partial charge in [-0.25, -0.2) is 0 Å². The molecular weight excluding hydrogens is 296 g/mol. The molecule has 0 spiro atoms. The maximum Gasteiger partial charge on any atom is 0.231 e. The maximum atomic E-state index is 12.0. The van der Waals surface area contributed by atoms with Gasteiger partial charge in [0, 0.05) is 17.7 Å². The number of benzene rings is 1. The van der Waals surface area contributed by atoms with E-state index >= 15 is 0 Å². The van der Waals surface area contributed by atoms with Crippen LogP contribution in [0.25, 0.3) is 11.3 Å². The molecule has 0 unspecified atom stereocenters. The lowest BCUT2D eigenvalue weighted by Crippen LogP contribution is -2.33. The Morgan fingerprint density at radius 2 is 2.00 bits per heavy atom. The molecule has 120 valence electrons. The average molecular weight is 314 g/mol. The predicted molar refractivity (Wildman–Crippen MR) is 82.2 cm³/mol. The number of nitrogens with zero attached hydrogens (tertiary/aromatic N) is 1. The average Bonchev–Trinajstić information content (AvgIpc) is 3.27. The minimum Gasteiger partial charge on any atom is -0.454 e. The van der Waals surface area contributed by atoms with Crippen LogP contribution in [-0.2, 0) is 11.2 Å². The summed E-state index contributed by atoms with van der Waals surface area (Å²) < 4.78 is 16.0. The number of ether oxygens (including phenoxy) is 2. The van der Waals surface area contributed by atoms with Crippen molar-refractivity contribution in [1.29, 1.82) is 0 Å². The molecule has 0 radical (unpaired) electrons. The Kier molecular flexibility index (Phi) is 3.65. The van der Waals surface area contributed by atoms with Crippen LogP contribution in [0.5, 0.6) is 11.5 Å². The fourth-order valence-corrected chi connectivity index (χ4v) is 3.09. The smallest absolute Gasteiger partial charge is 0.231 e. The van der Waals surface area contributed by atoms with Gasteiger partial charge in [-0.2, -0.15) is 0 Å². The van der Waals surface area contributed by atoms with Crippen LogP contribution in [-0.4, -0.2) is 23.9 Å². The highest BCUT2D eigenvalue weighted by molar-refractivity contribution is 5.78. The van der Waals surface area contributed by atoms with Crippen molar-refractivity contribution in [2.75, 3.05) is 6.79 Å². The highest BCUT2D eigenvalue weighted by Gasteiger charge is 2.19. The number of rotatable bonds is 4. The van der Waals surface area contributed by atoms with E-state index in [0.717, 1.165) is 24.2 Å². The molecule has 0 atom stereocenters. The number of carbonyl (C=O) groups is 1. The summed E-state index contributed by atoms with van der Waals surface area (Å²) in [5, 5.41) is 7.05. The fraction of sp³-hybridized carbons (Fsp3) is 0.412. The van der Waals surface area contributed by atoms with E-state index in [9.17, 15) is 4.79 Å². The van der Waals surface area contributed by atoms with Crippen molar-refractivity contribution in [1.82, 2.24) is 10.5 Å². The monoisotopic (exact) mass is 314 g/mol. The van der Waals surface area contributed by atoms with Gasteiger partial charge in [-0.1, -0.05) is 18.0 Å². The molecule has 1 aromatic carbocycles. The molecule has 4 rings (SSSR count). The van der Waals surface area contributed by atoms with Crippen LogP contribution in [0.4, 0.5) is 0 Å². The van der Waals surface area contributed by atoms with Crippen LogP contribution in [0.3, 0.4) is 0 Å². The summed E-state index contributed by atoms with van der Waals surface area (Å²) in [4.78, 5) is 12.0. The lowest BCUT2D eigenvalue weighted by Gasteiger charge is -2.10. The van der Waals surface area contributed by atoms with Gasteiger partial charge in [0.25, 0.3) is 0 Å². The third-order valence-corrected chi connectivity index (χ3v) is 4.28. The van der Waals surface area contributed by atoms with Crippen molar-refractivity contribution in [3.8, 4) is 22.8 Å². The van der Waals surface area contributed by atoms with E-state index in [1.54, 1.807) is 6.07 Å². The zero-order valence-electron chi connectivity index (χ0n) is 12.7. The first-order chi connectivity index (χ1) is 11.3. The number of nitrogens with one attached hydrogen (secondary N) is 1. The van der Waals surface area contributed by atoms with Crippen LogP contribution in [0.1, 0.15) is 31.4 Å². The van der Waals surface area contributed by atoms with Gasteiger partial charge < -0.3 is 19.3 Å². The lowest BCUT2D eigenvalue weighted by molar-refractivity contribution is -0.121. The first kappa shape index (κ1) is 14.1. The van der Waals surface area contributed by atoms with Gasteiger partial charge in [0.1, 0.15) is 0 Å². The zero-order valence-corrected chi connectivity index (χ0v) is 12.7. The van der Waals surface area contributed by atoms with E-state index in [4.69, 9.17) is 14.0 Å². The van der Waals surface area contributed by atoms with Gasteiger partial charge in [-0.3, -0.25) is 4.79 Å². The Morgan fingerprint density at radius 1 is 1.17 bits per heavy atom. The summed E-state index contributed by atoms with van der Waals surface area (Å²) in [6, 6.07) is 7.70. The molecule has 0 saturated heterocycles. The first-order valence-corrected chi connectivity index (χ1v) is 7.93. The minimum absolute atomic E-state index is 0.00226. The molecule has 2 aliphatic rings. The molecule has 1 fully saturated rings. The first-order valence-electron chi connectivity index (χ1n) is 7.93. The van der Waals surface area contributed by atoms with Crippen LogP contribution in [0.2, 0.25) is 0 Å². The molecule has 1 aromatic heterocycles. The summed E-state index contributed by atoms with van der Waals surface area (Å²) in [6.45, 7) is 0.238. The summed E-state index contributed by atoms with van der Waals surface area (Å²) >= 11 is 0. The Balaban J connectivity index is 1.43. The molecule has 6 heteroatoms. The summed E-state index contributed by atoms with van der Waals surface area (Å²) in [6.07, 6.45) is 4.79. The Bertz CT molecular complexity index is 719. The van der Waals surface area contributed by atoms with Crippen LogP contribution < -0.4 is 14.8 Å². The normalized spacial score (nSPS) is 16.7. The van der Waals surface area contributed by atoms with Crippen LogP contribution in [0, 0.1) is 0 Å². The molecule has 1 saturated carbocycles. The highest BCUT2D eigenvalue weighted by Crippen LogP contribution is 2.36. The number of amides is 1. The Hall–Kier alpha value is -2.50. The third kappa shape index (κ3) is 3.02. The molecule has 1 aliphatic heterocycles. The van der Waals surface area contributed by atoms with E-state index in [0.29, 0.717) is 23.2 Å². The minimum atomic E-state index is 0.00226. The molecule has 1 N–H and O–H groups in total. The van der Waals surface area contributed by atoms with E-state index in [-0.39, 0.29) is 19.1 Å². The van der Waals surface area contributed by atoms with Crippen molar-refractivity contribution >= 4 is 5.91 Å². The number of fused-ring (bicyclic) bond motifs is 1. The molecule has 0 bridgehead atoms. The van der Waals surface area contributed by atoms with Crippen molar-refractivity contribution < 1.29 is 18.8 Å². The predicted octanol–water partition coefficient (Wildman–Crippen LogP) is 2.67. The van der Waals surface area contributed by atoms with Gasteiger partial charge in [0.05, 0.1) is 12.1 Å². The molecule has 2 heterocycles. The maximum absolute atomic E-state index is 12.0. The van der Waals surface area contributed by atoms with Crippen molar-refractivity contribution in [3.05, 3.63) is 30.0 Å². The summed E-state index contributed by atoms with van der Waals surface area (Å²) in [7, 11) is 0. The Morgan fingerprint density at radius 3 is 2.87 bits per heavy atom. The van der Waals surface area contributed by atoms with E-state index < -0.39 is 0 Å². The van der Waals surface area contributed by atoms with Gasteiger partial charge in [0.2, 0.25) is 12.7 Å². The van der Waals surface area contributed by atoms with Crippen molar-refractivity contribution in [3.63, 3.8) is 0 Å². The largest absolute Gasteiger partial charge is 0.454 e. The second kappa shape index (κ2) is 5.95. The lowest BCUT2D eigenvalue weighted by atomic mass is 10.1. The van der Waals surface area contributed by atoms with Gasteiger partial charge in [-0.15, -0.1) is 0 Å². The Labute approximate surface area is 133 Å². The van der Waals surface area contributed by atoms with Crippen LogP contribution >= 0.6 is 0 Å². The standard InChI is InChI=1S/C17H18N2O4/c20-17(18-12-3-1-2-4-12)9-13-8-15(23-19-13)11-5-6-14-16(7-11)22-10-21-14/h5-8,12H,1-4,9-10H2,(H,18,20). The molecular formula is C17H18N2O4. The molecule has 1 amide bonds. The third-order valence-electron chi connectivity index (χ3n) is 4.28. The topological polar surface area (TPSA) is 73.6 Å². The number of hydrogen-bond acceptors (Lipinski definition) is 5. The molecule has 2 aromatic rings.